The number of carbonyl (C=O) groups excluding carboxylic acids is 1. The van der Waals surface area contributed by atoms with Gasteiger partial charge in [0.05, 0.1) is 16.7 Å². The molecule has 2 aromatic carbocycles. The van der Waals surface area contributed by atoms with Gasteiger partial charge < -0.3 is 4.74 Å². The van der Waals surface area contributed by atoms with Gasteiger partial charge in [0.15, 0.2) is 5.16 Å². The van der Waals surface area contributed by atoms with Gasteiger partial charge in [-0.2, -0.15) is 0 Å². The molecule has 4 rings (SSSR count). The van der Waals surface area contributed by atoms with Crippen LogP contribution in [-0.2, 0) is 17.1 Å². The molecular weight excluding hydrogens is 438 g/mol. The second-order valence-corrected chi connectivity index (χ2v) is 9.03. The molecule has 0 saturated heterocycles. The van der Waals surface area contributed by atoms with Crippen LogP contribution in [0.4, 0.5) is 4.79 Å². The first-order valence-corrected chi connectivity index (χ1v) is 12.1. The van der Waals surface area contributed by atoms with E-state index in [1.54, 1.807) is 16.3 Å². The summed E-state index contributed by atoms with van der Waals surface area (Å²) in [6, 6.07) is 19.3. The lowest BCUT2D eigenvalue weighted by atomic mass is 10.2. The fourth-order valence-electron chi connectivity index (χ4n) is 3.20. The van der Waals surface area contributed by atoms with Gasteiger partial charge in [-0.15, -0.1) is 18.3 Å². The third-order valence-corrected chi connectivity index (χ3v) is 6.98. The van der Waals surface area contributed by atoms with E-state index in [1.165, 1.54) is 16.7 Å². The summed E-state index contributed by atoms with van der Waals surface area (Å²) in [7, 11) is 0. The molecule has 0 radical (unpaired) electrons. The largest absolute Gasteiger partial charge is 0.444 e. The topological polar surface area (TPSA) is 57.0 Å². The second-order valence-electron chi connectivity index (χ2n) is 7.03. The Bertz CT molecular complexity index is 1240. The molecular formula is C25H23N3O2S2. The number of hydrogen-bond acceptors (Lipinski definition) is 6. The van der Waals surface area contributed by atoms with Gasteiger partial charge in [-0.25, -0.2) is 14.3 Å². The summed E-state index contributed by atoms with van der Waals surface area (Å²) in [6.45, 7) is 6.07. The summed E-state index contributed by atoms with van der Waals surface area (Å²) >= 11 is 3.22. The lowest BCUT2D eigenvalue weighted by Gasteiger charge is -2.11. The Kier molecular flexibility index (Phi) is 7.29. The molecule has 0 spiro atoms. The van der Waals surface area contributed by atoms with E-state index in [-0.39, 0.29) is 6.61 Å². The average Bonchev–Trinajstić information content (AvgIpc) is 3.20. The van der Waals surface area contributed by atoms with Crippen LogP contribution in [0.2, 0.25) is 0 Å². The number of ether oxygens (including phenoxy) is 1. The van der Waals surface area contributed by atoms with Crippen molar-refractivity contribution in [2.75, 3.05) is 5.75 Å². The van der Waals surface area contributed by atoms with Crippen molar-refractivity contribution in [2.24, 2.45) is 0 Å². The van der Waals surface area contributed by atoms with Gasteiger partial charge in [-0.1, -0.05) is 60.3 Å². The van der Waals surface area contributed by atoms with Crippen molar-refractivity contribution in [3.05, 3.63) is 96.3 Å². The summed E-state index contributed by atoms with van der Waals surface area (Å²) in [5.41, 5.74) is 4.54. The average molecular weight is 462 g/mol. The summed E-state index contributed by atoms with van der Waals surface area (Å²) in [5, 5.41) is 0.592. The van der Waals surface area contributed by atoms with Gasteiger partial charge in [0.1, 0.15) is 6.61 Å². The summed E-state index contributed by atoms with van der Waals surface area (Å²) in [4.78, 5) is 23.4. The third-order valence-electron chi connectivity index (χ3n) is 4.87. The Morgan fingerprint density at radius 3 is 2.69 bits per heavy atom. The number of rotatable bonds is 8. The maximum absolute atomic E-state index is 13.0. The molecule has 0 aliphatic carbocycles. The number of carbonyl (C=O) groups is 1. The quantitative estimate of drug-likeness (QED) is 0.221. The number of imidazole rings is 1. The Balaban J connectivity index is 1.56. The predicted molar refractivity (Wildman–Crippen MR) is 131 cm³/mol. The smallest absolute Gasteiger partial charge is 0.420 e. The van der Waals surface area contributed by atoms with Crippen LogP contribution in [0.3, 0.4) is 0 Å². The zero-order chi connectivity index (χ0) is 22.3. The van der Waals surface area contributed by atoms with E-state index in [9.17, 15) is 4.79 Å². The van der Waals surface area contributed by atoms with Gasteiger partial charge in [0.2, 0.25) is 0 Å². The van der Waals surface area contributed by atoms with Crippen LogP contribution in [0.1, 0.15) is 16.8 Å². The number of hydrogen-bond donors (Lipinski definition) is 0. The summed E-state index contributed by atoms with van der Waals surface area (Å²) < 4.78 is 7.15. The molecule has 2 heterocycles. The van der Waals surface area contributed by atoms with Crippen LogP contribution in [0.15, 0.2) is 89.6 Å². The highest BCUT2D eigenvalue weighted by atomic mass is 32.2. The molecule has 0 aliphatic heterocycles. The Morgan fingerprint density at radius 2 is 1.88 bits per heavy atom. The molecule has 0 atom stereocenters. The van der Waals surface area contributed by atoms with Crippen LogP contribution in [0, 0.1) is 6.92 Å². The number of nitrogens with zero attached hydrogens (tertiary/aromatic N) is 3. The lowest BCUT2D eigenvalue weighted by molar-refractivity contribution is 0.140. The Hall–Kier alpha value is -3.03. The van der Waals surface area contributed by atoms with Crippen molar-refractivity contribution >= 4 is 40.7 Å². The van der Waals surface area contributed by atoms with E-state index in [1.807, 2.05) is 72.9 Å². The molecule has 5 nitrogen and oxygen atoms in total. The molecule has 0 N–H and O–H groups in total. The van der Waals surface area contributed by atoms with Crippen molar-refractivity contribution < 1.29 is 9.53 Å². The van der Waals surface area contributed by atoms with Crippen molar-refractivity contribution in [3.63, 3.8) is 0 Å². The van der Waals surface area contributed by atoms with E-state index in [4.69, 9.17) is 4.74 Å². The number of aromatic nitrogens is 3. The lowest BCUT2D eigenvalue weighted by Crippen LogP contribution is -2.14. The van der Waals surface area contributed by atoms with E-state index in [0.29, 0.717) is 10.9 Å². The predicted octanol–water partition coefficient (Wildman–Crippen LogP) is 6.50. The van der Waals surface area contributed by atoms with Crippen LogP contribution in [0.25, 0.3) is 11.0 Å². The Labute approximate surface area is 195 Å². The van der Waals surface area contributed by atoms with Gasteiger partial charge in [-0.3, -0.25) is 4.98 Å². The minimum absolute atomic E-state index is 0.208. The van der Waals surface area contributed by atoms with E-state index < -0.39 is 6.09 Å². The van der Waals surface area contributed by atoms with Gasteiger partial charge >= 0.3 is 6.09 Å². The van der Waals surface area contributed by atoms with Crippen LogP contribution >= 0.6 is 23.5 Å². The number of benzene rings is 2. The van der Waals surface area contributed by atoms with Gasteiger partial charge in [0, 0.05) is 22.6 Å². The SMILES string of the molecule is C=CCSc1ccnc(CSc2nc3ccccc3n2C(=O)OCc2ccccc2)c1C. The fourth-order valence-corrected chi connectivity index (χ4v) is 5.01. The Morgan fingerprint density at radius 1 is 1.09 bits per heavy atom. The molecule has 4 aromatic rings. The molecule has 2 aromatic heterocycles. The van der Waals surface area contributed by atoms with Crippen LogP contribution < -0.4 is 0 Å². The van der Waals surface area contributed by atoms with Gasteiger partial charge in [0.25, 0.3) is 0 Å². The standard InChI is InChI=1S/C25H23N3O2S2/c1-3-15-31-23-13-14-26-21(18(23)2)17-32-24-27-20-11-7-8-12-22(20)28(24)25(29)30-16-19-9-5-4-6-10-19/h3-14H,1,15-17H2,2H3. The molecule has 0 saturated carbocycles. The van der Waals surface area contributed by atoms with E-state index in [2.05, 4.69) is 23.5 Å². The van der Waals surface area contributed by atoms with Crippen LogP contribution in [0.5, 0.6) is 0 Å². The maximum Gasteiger partial charge on any atom is 0.420 e. The zero-order valence-corrected chi connectivity index (χ0v) is 19.4. The third kappa shape index (κ3) is 5.06. The van der Waals surface area contributed by atoms with Gasteiger partial charge in [-0.05, 0) is 36.2 Å². The zero-order valence-electron chi connectivity index (χ0n) is 17.7. The highest BCUT2D eigenvalue weighted by Gasteiger charge is 2.19. The highest BCUT2D eigenvalue weighted by molar-refractivity contribution is 7.99. The van der Waals surface area contributed by atoms with E-state index in [0.717, 1.165) is 33.6 Å². The molecule has 162 valence electrons. The first-order chi connectivity index (χ1) is 15.7. The van der Waals surface area contributed by atoms with E-state index >= 15 is 0 Å². The maximum atomic E-state index is 13.0. The molecule has 0 aliphatic rings. The van der Waals surface area contributed by atoms with Crippen LogP contribution in [-0.4, -0.2) is 26.4 Å². The molecule has 0 bridgehead atoms. The minimum Gasteiger partial charge on any atom is -0.444 e. The number of fused-ring (bicyclic) bond motifs is 1. The minimum atomic E-state index is -0.440. The van der Waals surface area contributed by atoms with Crippen molar-refractivity contribution in [1.29, 1.82) is 0 Å². The number of para-hydroxylation sites is 2. The summed E-state index contributed by atoms with van der Waals surface area (Å²) in [5.74, 6) is 1.45. The molecule has 32 heavy (non-hydrogen) atoms. The first-order valence-electron chi connectivity index (χ1n) is 10.2. The molecule has 0 unspecified atom stereocenters. The normalized spacial score (nSPS) is 10.9. The highest BCUT2D eigenvalue weighted by Crippen LogP contribution is 2.30. The fraction of sp³-hybridized carbons (Fsp3) is 0.160. The second kappa shape index (κ2) is 10.5. The monoisotopic (exact) mass is 461 g/mol. The first kappa shape index (κ1) is 22.2. The molecule has 0 fully saturated rings. The summed E-state index contributed by atoms with van der Waals surface area (Å²) in [6.07, 6.45) is 3.28. The molecule has 0 amide bonds. The van der Waals surface area contributed by atoms with Crippen molar-refractivity contribution in [2.45, 2.75) is 29.3 Å². The van der Waals surface area contributed by atoms with Crippen molar-refractivity contribution in [1.82, 2.24) is 14.5 Å². The van der Waals surface area contributed by atoms with Crippen molar-refractivity contribution in [3.8, 4) is 0 Å². The number of pyridine rings is 1. The molecule has 7 heteroatoms. The number of thioether (sulfide) groups is 2.